The Bertz CT molecular complexity index is 2470. The van der Waals surface area contributed by atoms with Crippen molar-refractivity contribution in [2.24, 2.45) is 0 Å². The van der Waals surface area contributed by atoms with Gasteiger partial charge in [0.1, 0.15) is 0 Å². The minimum atomic E-state index is 0.956. The largest absolute Gasteiger partial charge is 0.355 e. The second-order valence-electron chi connectivity index (χ2n) is 23.9. The van der Waals surface area contributed by atoms with Crippen molar-refractivity contribution in [3.63, 3.8) is 0 Å². The van der Waals surface area contributed by atoms with Crippen molar-refractivity contribution >= 4 is 44.4 Å². The number of aromatic nitrogens is 4. The third-order valence-electron chi connectivity index (χ3n) is 17.2. The number of allylic oxidation sites excluding steroid dienone is 4. The highest BCUT2D eigenvalue weighted by molar-refractivity contribution is 5.95. The first-order valence-corrected chi connectivity index (χ1v) is 34.5. The summed E-state index contributed by atoms with van der Waals surface area (Å²) in [5.74, 6) is 0. The molecule has 0 radical (unpaired) electrons. The summed E-state index contributed by atoms with van der Waals surface area (Å²) in [6, 6.07) is 9.29. The summed E-state index contributed by atoms with van der Waals surface area (Å²) in [5, 5.41) is 36.2. The Morgan fingerprint density at radius 3 is 0.821 bits per heavy atom. The molecule has 84 heavy (non-hydrogen) atoms. The second kappa shape index (κ2) is 44.6. The fourth-order valence-electron chi connectivity index (χ4n) is 11.9. The molecule has 0 unspecified atom stereocenters. The van der Waals surface area contributed by atoms with Gasteiger partial charge in [-0.15, -0.1) is 0 Å². The summed E-state index contributed by atoms with van der Waals surface area (Å²) in [7, 11) is 0. The number of rotatable bonds is 52. The molecule has 5 heterocycles. The fraction of sp³-hybridized carbons (Fsp3) is 0.714. The van der Waals surface area contributed by atoms with Crippen molar-refractivity contribution in [2.45, 2.75) is 197 Å². The van der Waals surface area contributed by atoms with Crippen LogP contribution in [0.1, 0.15) is 215 Å². The lowest BCUT2D eigenvalue weighted by atomic mass is 9.98. The van der Waals surface area contributed by atoms with E-state index < -0.39 is 0 Å². The van der Waals surface area contributed by atoms with Crippen LogP contribution in [0.2, 0.25) is 0 Å². The van der Waals surface area contributed by atoms with Crippen LogP contribution in [0, 0.1) is 13.8 Å². The highest BCUT2D eigenvalue weighted by Crippen LogP contribution is 2.38. The van der Waals surface area contributed by atoms with E-state index >= 15 is 0 Å². The first-order valence-electron chi connectivity index (χ1n) is 34.5. The minimum Gasteiger partial charge on any atom is -0.355 e. The van der Waals surface area contributed by atoms with E-state index in [1.54, 1.807) is 0 Å². The molecule has 0 aromatic carbocycles. The Morgan fingerprint density at radius 2 is 0.536 bits per heavy atom. The molecular formula is C70H124N14. The summed E-state index contributed by atoms with van der Waals surface area (Å²) >= 11 is 0. The summed E-state index contributed by atoms with van der Waals surface area (Å²) in [4.78, 5) is 18.7. The van der Waals surface area contributed by atoms with Crippen molar-refractivity contribution in [3.8, 4) is 0 Å². The number of nitrogens with zero attached hydrogens (tertiary/aromatic N) is 2. The van der Waals surface area contributed by atoms with Crippen LogP contribution >= 0.6 is 0 Å². The lowest BCUT2D eigenvalue weighted by Crippen LogP contribution is -2.23. The minimum absolute atomic E-state index is 0.956. The van der Waals surface area contributed by atoms with E-state index in [1.165, 1.54) is 164 Å². The van der Waals surface area contributed by atoms with Gasteiger partial charge < -0.3 is 63.1 Å². The van der Waals surface area contributed by atoms with Gasteiger partial charge in [0.15, 0.2) is 0 Å². The molecule has 8 bridgehead atoms. The third kappa shape index (κ3) is 26.7. The van der Waals surface area contributed by atoms with Crippen LogP contribution in [-0.4, -0.2) is 151 Å². The van der Waals surface area contributed by atoms with Crippen LogP contribution in [-0.2, 0) is 12.8 Å². The number of unbranched alkanes of at least 4 members (excludes halogenated alkanes) is 8. The predicted octanol–water partition coefficient (Wildman–Crippen LogP) is 11.7. The van der Waals surface area contributed by atoms with E-state index in [0.29, 0.717) is 0 Å². The number of fused-ring (bicyclic) bond motifs is 8. The van der Waals surface area contributed by atoms with E-state index in [4.69, 9.17) is 9.97 Å². The van der Waals surface area contributed by atoms with E-state index in [-0.39, 0.29) is 0 Å². The number of aromatic amines is 2. The molecule has 0 spiro atoms. The van der Waals surface area contributed by atoms with Gasteiger partial charge in [0.25, 0.3) is 0 Å². The van der Waals surface area contributed by atoms with Gasteiger partial charge >= 0.3 is 0 Å². The molecule has 0 saturated carbocycles. The average Bonchev–Trinajstić information content (AvgIpc) is 3.82. The highest BCUT2D eigenvalue weighted by atomic mass is 14.9. The molecule has 3 aromatic rings. The summed E-state index contributed by atoms with van der Waals surface area (Å²) in [6.07, 6.45) is 25.9. The summed E-state index contributed by atoms with van der Waals surface area (Å²) < 4.78 is 0. The lowest BCUT2D eigenvalue weighted by molar-refractivity contribution is 0.536. The van der Waals surface area contributed by atoms with Gasteiger partial charge in [0.2, 0.25) is 0 Å². The van der Waals surface area contributed by atoms with Crippen LogP contribution < -0.4 is 53.2 Å². The molecule has 474 valence electrons. The topological polar surface area (TPSA) is 178 Å². The zero-order chi connectivity index (χ0) is 59.7. The zero-order valence-electron chi connectivity index (χ0n) is 54.9. The Balaban J connectivity index is 1.06. The van der Waals surface area contributed by atoms with Gasteiger partial charge in [-0.1, -0.05) is 27.7 Å². The first kappa shape index (κ1) is 71.0. The molecule has 2 aliphatic rings. The Hall–Kier alpha value is -3.80. The molecule has 14 nitrogen and oxygen atoms in total. The van der Waals surface area contributed by atoms with E-state index in [9.17, 15) is 0 Å². The molecule has 3 aromatic heterocycles. The molecule has 2 aliphatic heterocycles. The molecule has 0 atom stereocenters. The Kier molecular flexibility index (Phi) is 37.7. The summed E-state index contributed by atoms with van der Waals surface area (Å²) in [5.41, 5.74) is 19.5. The molecule has 0 saturated heterocycles. The number of hydrogen-bond acceptors (Lipinski definition) is 12. The molecule has 5 rings (SSSR count). The maximum absolute atomic E-state index is 5.49. The number of nitrogens with one attached hydrogen (secondary N) is 12. The van der Waals surface area contributed by atoms with Crippen molar-refractivity contribution < 1.29 is 0 Å². The molecular weight excluding hydrogens is 1040 g/mol. The van der Waals surface area contributed by atoms with Crippen LogP contribution in [0.4, 0.5) is 0 Å². The third-order valence-corrected chi connectivity index (χ3v) is 17.2. The monoisotopic (exact) mass is 1160 g/mol. The second-order valence-corrected chi connectivity index (χ2v) is 23.9. The van der Waals surface area contributed by atoms with Crippen molar-refractivity contribution in [3.05, 3.63) is 69.3 Å². The van der Waals surface area contributed by atoms with Crippen molar-refractivity contribution in [1.82, 2.24) is 73.1 Å². The SMILES string of the molecule is CCNCCCCNCCCCNCCCCNCCCCNCCCC1=C(C)c2cc3[nH]c(cc4[nH]c(cc5nc(cc1n2)C(CCCNCCCCNCCCCNCCCCNCCCCNCC)=C5C)c(CC)c4C)c(CC)c3C. The molecule has 0 aliphatic carbocycles. The standard InChI is InChI=1S/C70H124N14/c1-9-59-55(5)63-51-64-57(7)61(31-29-49-79-47-27-25-45-77-43-23-21-41-75-39-19-17-37-73-35-15-13-33-71-11-3)69(83-64)54-70-62(58(8)66(84-70)53-68-60(10-2)56(6)65(82-68)52-67(59)81-63)32-30-50-80-48-28-26-46-78-44-24-22-42-76-40-20-18-38-74-36-16-14-34-72-12-4/h51-54,71-82H,9-50H2,1-8H3. The highest BCUT2D eigenvalue weighted by Gasteiger charge is 2.22. The zero-order valence-corrected chi connectivity index (χ0v) is 54.9. The molecule has 0 fully saturated rings. The Morgan fingerprint density at radius 1 is 0.286 bits per heavy atom. The van der Waals surface area contributed by atoms with Crippen LogP contribution in [0.15, 0.2) is 24.3 Å². The van der Waals surface area contributed by atoms with E-state index in [2.05, 4.69) is 143 Å². The van der Waals surface area contributed by atoms with Gasteiger partial charge in [-0.05, 0) is 369 Å². The molecule has 14 heteroatoms. The predicted molar refractivity (Wildman–Crippen MR) is 367 cm³/mol. The van der Waals surface area contributed by atoms with Gasteiger partial charge in [0.05, 0.1) is 22.8 Å². The van der Waals surface area contributed by atoms with Crippen molar-refractivity contribution in [1.29, 1.82) is 0 Å². The van der Waals surface area contributed by atoms with Crippen LogP contribution in [0.5, 0.6) is 0 Å². The maximum atomic E-state index is 5.49. The fourth-order valence-corrected chi connectivity index (χ4v) is 11.9. The average molecular weight is 1160 g/mol. The van der Waals surface area contributed by atoms with Gasteiger partial charge in [-0.2, -0.15) is 0 Å². The van der Waals surface area contributed by atoms with Gasteiger partial charge in [-0.25, -0.2) is 9.97 Å². The van der Waals surface area contributed by atoms with Crippen LogP contribution in [0.3, 0.4) is 0 Å². The molecule has 0 amide bonds. The lowest BCUT2D eigenvalue weighted by Gasteiger charge is -2.09. The summed E-state index contributed by atoms with van der Waals surface area (Å²) in [6.45, 7) is 40.1. The molecule has 12 N–H and O–H groups in total. The number of H-pyrrole nitrogens is 2. The van der Waals surface area contributed by atoms with E-state index in [1.807, 2.05) is 0 Å². The van der Waals surface area contributed by atoms with Crippen LogP contribution in [0.25, 0.3) is 44.4 Å². The normalized spacial score (nSPS) is 12.8. The number of hydrogen-bond donors (Lipinski definition) is 12. The van der Waals surface area contributed by atoms with E-state index in [0.717, 1.165) is 198 Å². The van der Waals surface area contributed by atoms with Gasteiger partial charge in [0, 0.05) is 22.1 Å². The quantitative estimate of drug-likeness (QED) is 0.0241. The van der Waals surface area contributed by atoms with Crippen molar-refractivity contribution in [2.75, 3.05) is 131 Å². The maximum Gasteiger partial charge on any atom is 0.0694 e. The Labute approximate surface area is 512 Å². The smallest absolute Gasteiger partial charge is 0.0694 e. The van der Waals surface area contributed by atoms with Gasteiger partial charge in [-0.3, -0.25) is 0 Å². The first-order chi connectivity index (χ1) is 41.3. The number of aryl methyl sites for hydroxylation is 4.